The molecule has 0 aliphatic carbocycles. The number of ether oxygens (including phenoxy) is 1. The lowest BCUT2D eigenvalue weighted by Crippen LogP contribution is -2.40. The van der Waals surface area contributed by atoms with E-state index in [1.807, 2.05) is 13.8 Å². The van der Waals surface area contributed by atoms with Crippen molar-refractivity contribution >= 4 is 17.5 Å². The normalized spacial score (nSPS) is 9.95. The molecule has 0 radical (unpaired) electrons. The Hall–Kier alpha value is -2.24. The van der Waals surface area contributed by atoms with E-state index in [1.165, 1.54) is 12.0 Å². The van der Waals surface area contributed by atoms with E-state index in [1.54, 1.807) is 18.2 Å². The number of benzene rings is 1. The SMILES string of the molecule is CCNC(=O)CN(CC)C(=O)c1ccc(OC)c(N)c1. The first-order chi connectivity index (χ1) is 9.53. The topological polar surface area (TPSA) is 84.7 Å². The van der Waals surface area contributed by atoms with Gasteiger partial charge in [-0.15, -0.1) is 0 Å². The van der Waals surface area contributed by atoms with Crippen molar-refractivity contribution in [2.75, 3.05) is 32.5 Å². The minimum absolute atomic E-state index is 0.0368. The predicted molar refractivity (Wildman–Crippen MR) is 77.7 cm³/mol. The van der Waals surface area contributed by atoms with Crippen LogP contribution in [0.2, 0.25) is 0 Å². The van der Waals surface area contributed by atoms with Gasteiger partial charge in [0.2, 0.25) is 5.91 Å². The zero-order chi connectivity index (χ0) is 15.1. The molecule has 110 valence electrons. The van der Waals surface area contributed by atoms with E-state index in [2.05, 4.69) is 5.32 Å². The zero-order valence-electron chi connectivity index (χ0n) is 12.1. The maximum Gasteiger partial charge on any atom is 0.254 e. The predicted octanol–water partition coefficient (Wildman–Crippen LogP) is 0.876. The highest BCUT2D eigenvalue weighted by atomic mass is 16.5. The fraction of sp³-hybridized carbons (Fsp3) is 0.429. The number of nitrogens with one attached hydrogen (secondary N) is 1. The third-order valence-corrected chi connectivity index (χ3v) is 2.85. The van der Waals surface area contributed by atoms with E-state index in [4.69, 9.17) is 10.5 Å². The molecule has 2 amide bonds. The summed E-state index contributed by atoms with van der Waals surface area (Å²) in [7, 11) is 1.51. The number of hydrogen-bond acceptors (Lipinski definition) is 4. The molecule has 1 aromatic rings. The monoisotopic (exact) mass is 279 g/mol. The summed E-state index contributed by atoms with van der Waals surface area (Å²) in [5.74, 6) is 0.116. The smallest absolute Gasteiger partial charge is 0.254 e. The van der Waals surface area contributed by atoms with Gasteiger partial charge in [-0.1, -0.05) is 0 Å². The number of amides is 2. The maximum atomic E-state index is 12.3. The molecule has 0 unspecified atom stereocenters. The van der Waals surface area contributed by atoms with Crippen molar-refractivity contribution < 1.29 is 14.3 Å². The third-order valence-electron chi connectivity index (χ3n) is 2.85. The Morgan fingerprint density at radius 1 is 1.35 bits per heavy atom. The molecule has 0 aromatic heterocycles. The lowest BCUT2D eigenvalue weighted by Gasteiger charge is -2.20. The van der Waals surface area contributed by atoms with Crippen molar-refractivity contribution in [2.24, 2.45) is 0 Å². The van der Waals surface area contributed by atoms with Gasteiger partial charge in [0, 0.05) is 18.7 Å². The number of nitrogens with zero attached hydrogens (tertiary/aromatic N) is 1. The molecular weight excluding hydrogens is 258 g/mol. The molecule has 6 nitrogen and oxygen atoms in total. The van der Waals surface area contributed by atoms with Gasteiger partial charge in [0.1, 0.15) is 5.75 Å². The average molecular weight is 279 g/mol. The number of carbonyl (C=O) groups excluding carboxylic acids is 2. The highest BCUT2D eigenvalue weighted by Gasteiger charge is 2.17. The summed E-state index contributed by atoms with van der Waals surface area (Å²) in [6, 6.07) is 4.84. The maximum absolute atomic E-state index is 12.3. The van der Waals surface area contributed by atoms with Crippen LogP contribution in [0.1, 0.15) is 24.2 Å². The van der Waals surface area contributed by atoms with Gasteiger partial charge in [0.05, 0.1) is 19.3 Å². The summed E-state index contributed by atoms with van der Waals surface area (Å²) in [5, 5.41) is 2.67. The molecule has 0 atom stereocenters. The van der Waals surface area contributed by atoms with Crippen LogP contribution in [0.15, 0.2) is 18.2 Å². The van der Waals surface area contributed by atoms with Gasteiger partial charge >= 0.3 is 0 Å². The molecular formula is C14H21N3O3. The minimum Gasteiger partial charge on any atom is -0.495 e. The van der Waals surface area contributed by atoms with E-state index >= 15 is 0 Å². The Balaban J connectivity index is 2.85. The Bertz CT molecular complexity index is 489. The Labute approximate surface area is 118 Å². The number of methoxy groups -OCH3 is 1. The van der Waals surface area contributed by atoms with Crippen molar-refractivity contribution in [1.82, 2.24) is 10.2 Å². The molecule has 0 saturated carbocycles. The molecule has 1 rings (SSSR count). The molecule has 1 aromatic carbocycles. The lowest BCUT2D eigenvalue weighted by molar-refractivity contribution is -0.121. The number of rotatable bonds is 6. The Kier molecular flexibility index (Phi) is 5.83. The van der Waals surface area contributed by atoms with Crippen LogP contribution in [0.25, 0.3) is 0 Å². The van der Waals surface area contributed by atoms with E-state index in [0.717, 1.165) is 0 Å². The van der Waals surface area contributed by atoms with Crippen LogP contribution in [0, 0.1) is 0 Å². The van der Waals surface area contributed by atoms with Crippen LogP contribution in [0.3, 0.4) is 0 Å². The number of likely N-dealkylation sites (N-methyl/N-ethyl adjacent to an activating group) is 2. The molecule has 6 heteroatoms. The summed E-state index contributed by atoms with van der Waals surface area (Å²) < 4.78 is 5.05. The van der Waals surface area contributed by atoms with Gasteiger partial charge in [0.15, 0.2) is 0 Å². The van der Waals surface area contributed by atoms with Gasteiger partial charge in [0.25, 0.3) is 5.91 Å². The third kappa shape index (κ3) is 3.88. The van der Waals surface area contributed by atoms with Crippen LogP contribution >= 0.6 is 0 Å². The fourth-order valence-electron chi connectivity index (χ4n) is 1.80. The van der Waals surface area contributed by atoms with Crippen LogP contribution in [-0.2, 0) is 4.79 Å². The number of hydrogen-bond donors (Lipinski definition) is 2. The van der Waals surface area contributed by atoms with Gasteiger partial charge in [-0.05, 0) is 32.0 Å². The van der Waals surface area contributed by atoms with E-state index in [0.29, 0.717) is 30.1 Å². The highest BCUT2D eigenvalue weighted by molar-refractivity contribution is 5.97. The van der Waals surface area contributed by atoms with Crippen LogP contribution in [0.4, 0.5) is 5.69 Å². The zero-order valence-corrected chi connectivity index (χ0v) is 12.1. The summed E-state index contributed by atoms with van der Waals surface area (Å²) in [6.45, 7) is 4.68. The van der Waals surface area contributed by atoms with E-state index in [9.17, 15) is 9.59 Å². The van der Waals surface area contributed by atoms with Crippen molar-refractivity contribution in [3.63, 3.8) is 0 Å². The minimum atomic E-state index is -0.229. The van der Waals surface area contributed by atoms with E-state index in [-0.39, 0.29) is 18.4 Å². The first kappa shape index (κ1) is 15.8. The van der Waals surface area contributed by atoms with Gasteiger partial charge in [-0.25, -0.2) is 0 Å². The summed E-state index contributed by atoms with van der Waals surface area (Å²) in [4.78, 5) is 25.3. The summed E-state index contributed by atoms with van der Waals surface area (Å²) in [6.07, 6.45) is 0. The van der Waals surface area contributed by atoms with Crippen molar-refractivity contribution in [3.05, 3.63) is 23.8 Å². The molecule has 0 spiro atoms. The van der Waals surface area contributed by atoms with Crippen LogP contribution in [0.5, 0.6) is 5.75 Å². The quantitative estimate of drug-likeness (QED) is 0.757. The van der Waals surface area contributed by atoms with E-state index < -0.39 is 0 Å². The van der Waals surface area contributed by atoms with Gasteiger partial charge in [-0.2, -0.15) is 0 Å². The lowest BCUT2D eigenvalue weighted by atomic mass is 10.1. The second kappa shape index (κ2) is 7.37. The molecule has 0 saturated heterocycles. The summed E-state index contributed by atoms with van der Waals surface area (Å²) in [5.41, 5.74) is 6.62. The second-order valence-electron chi connectivity index (χ2n) is 4.23. The van der Waals surface area contributed by atoms with Crippen LogP contribution < -0.4 is 15.8 Å². The fourth-order valence-corrected chi connectivity index (χ4v) is 1.80. The molecule has 0 aliphatic rings. The van der Waals surface area contributed by atoms with Crippen molar-refractivity contribution in [1.29, 1.82) is 0 Å². The highest BCUT2D eigenvalue weighted by Crippen LogP contribution is 2.22. The van der Waals surface area contributed by atoms with Gasteiger partial charge in [-0.3, -0.25) is 9.59 Å². The van der Waals surface area contributed by atoms with Crippen LogP contribution in [-0.4, -0.2) is 43.5 Å². The average Bonchev–Trinajstić information content (AvgIpc) is 2.44. The Morgan fingerprint density at radius 3 is 2.55 bits per heavy atom. The molecule has 3 N–H and O–H groups in total. The standard InChI is InChI=1S/C14H21N3O3/c1-4-16-13(18)9-17(5-2)14(19)10-6-7-12(20-3)11(15)8-10/h6-8H,4-5,9,15H2,1-3H3,(H,16,18). The Morgan fingerprint density at radius 2 is 2.05 bits per heavy atom. The molecule has 0 heterocycles. The van der Waals surface area contributed by atoms with Crippen molar-refractivity contribution in [3.8, 4) is 5.75 Å². The molecule has 0 aliphatic heterocycles. The largest absolute Gasteiger partial charge is 0.495 e. The first-order valence-corrected chi connectivity index (χ1v) is 6.52. The number of anilines is 1. The number of nitrogen functional groups attached to an aromatic ring is 1. The molecule has 0 bridgehead atoms. The number of carbonyl (C=O) groups is 2. The second-order valence-corrected chi connectivity index (χ2v) is 4.23. The summed E-state index contributed by atoms with van der Waals surface area (Å²) >= 11 is 0. The van der Waals surface area contributed by atoms with Crippen molar-refractivity contribution in [2.45, 2.75) is 13.8 Å². The molecule has 20 heavy (non-hydrogen) atoms. The number of nitrogens with two attached hydrogens (primary N) is 1. The molecule has 0 fully saturated rings. The van der Waals surface area contributed by atoms with Gasteiger partial charge < -0.3 is 20.7 Å². The first-order valence-electron chi connectivity index (χ1n) is 6.52.